The van der Waals surface area contributed by atoms with Gasteiger partial charge in [0, 0.05) is 0 Å². The fourth-order valence-corrected chi connectivity index (χ4v) is 1.56. The molecule has 0 spiro atoms. The maximum atomic E-state index is 12.4. The highest BCUT2D eigenvalue weighted by atomic mass is 19.4. The van der Waals surface area contributed by atoms with Crippen molar-refractivity contribution in [2.24, 2.45) is 5.92 Å². The molecule has 16 heavy (non-hydrogen) atoms. The Kier molecular flexibility index (Phi) is 4.10. The summed E-state index contributed by atoms with van der Waals surface area (Å²) < 4.78 is 37.1. The number of aldehydes is 1. The third-order valence-corrected chi connectivity index (χ3v) is 2.56. The normalized spacial score (nSPS) is 15.5. The summed E-state index contributed by atoms with van der Waals surface area (Å²) in [7, 11) is 0. The van der Waals surface area contributed by atoms with Crippen molar-refractivity contribution in [3.63, 3.8) is 0 Å². The zero-order valence-corrected chi connectivity index (χ0v) is 8.87. The Bertz CT molecular complexity index is 332. The smallest absolute Gasteiger partial charge is 0.303 e. The highest BCUT2D eigenvalue weighted by Crippen LogP contribution is 2.32. The first-order chi connectivity index (χ1) is 7.45. The second kappa shape index (κ2) is 5.14. The summed E-state index contributed by atoms with van der Waals surface area (Å²) in [6.45, 7) is 1.69. The molecule has 0 saturated heterocycles. The predicted octanol–water partition coefficient (Wildman–Crippen LogP) is 3.56. The maximum Gasteiger partial charge on any atom is 0.398 e. The van der Waals surface area contributed by atoms with E-state index in [0.29, 0.717) is 0 Å². The van der Waals surface area contributed by atoms with Gasteiger partial charge in [0.25, 0.3) is 0 Å². The van der Waals surface area contributed by atoms with Crippen molar-refractivity contribution in [1.82, 2.24) is 0 Å². The average molecular weight is 230 g/mol. The predicted molar refractivity (Wildman–Crippen MR) is 55.1 cm³/mol. The van der Waals surface area contributed by atoms with Gasteiger partial charge >= 0.3 is 6.18 Å². The molecule has 1 aromatic rings. The first-order valence-corrected chi connectivity index (χ1v) is 5.02. The summed E-state index contributed by atoms with van der Waals surface area (Å²) >= 11 is 0. The topological polar surface area (TPSA) is 17.1 Å². The van der Waals surface area contributed by atoms with Gasteiger partial charge in [-0.15, -0.1) is 0 Å². The monoisotopic (exact) mass is 230 g/mol. The fraction of sp³-hybridized carbons (Fsp3) is 0.417. The zero-order valence-electron chi connectivity index (χ0n) is 8.87. The minimum absolute atomic E-state index is 0.0144. The van der Waals surface area contributed by atoms with Crippen LogP contribution in [0.4, 0.5) is 13.2 Å². The first kappa shape index (κ1) is 12.7. The van der Waals surface area contributed by atoms with E-state index >= 15 is 0 Å². The summed E-state index contributed by atoms with van der Waals surface area (Å²) in [5, 5.41) is 0. The molecule has 0 bridgehead atoms. The molecular weight excluding hydrogens is 217 g/mol. The molecule has 0 N–H and O–H groups in total. The fourth-order valence-electron chi connectivity index (χ4n) is 1.56. The zero-order chi connectivity index (χ0) is 12.2. The highest BCUT2D eigenvalue weighted by Gasteiger charge is 2.40. The number of rotatable bonds is 4. The van der Waals surface area contributed by atoms with Crippen molar-refractivity contribution in [3.8, 4) is 0 Å². The van der Waals surface area contributed by atoms with E-state index in [0.717, 1.165) is 5.56 Å². The van der Waals surface area contributed by atoms with Gasteiger partial charge in [-0.3, -0.25) is 0 Å². The van der Waals surface area contributed by atoms with E-state index in [1.807, 2.05) is 0 Å². The van der Waals surface area contributed by atoms with E-state index in [1.54, 1.807) is 37.3 Å². The molecule has 88 valence electrons. The Hall–Kier alpha value is -1.32. The minimum atomic E-state index is -4.44. The van der Waals surface area contributed by atoms with Crippen LogP contribution in [0.15, 0.2) is 30.3 Å². The summed E-state index contributed by atoms with van der Waals surface area (Å²) in [5.41, 5.74) is 0.818. The van der Waals surface area contributed by atoms with Gasteiger partial charge in [0.1, 0.15) is 12.2 Å². The van der Waals surface area contributed by atoms with Crippen LogP contribution in [0.2, 0.25) is 0 Å². The molecule has 0 amide bonds. The standard InChI is InChI=1S/C12H13F3O/c1-9(10-5-3-2-4-6-10)7-11(8-16)12(13,14)15/h2-6,8-9,11H,7H2,1H3. The Labute approximate surface area is 92.3 Å². The lowest BCUT2D eigenvalue weighted by Gasteiger charge is -2.19. The number of carbonyl (C=O) groups excluding carboxylic acids is 1. The Balaban J connectivity index is 2.70. The Morgan fingerprint density at radius 1 is 1.25 bits per heavy atom. The molecule has 2 unspecified atom stereocenters. The van der Waals surface area contributed by atoms with Gasteiger partial charge in [-0.05, 0) is 17.9 Å². The lowest BCUT2D eigenvalue weighted by Crippen LogP contribution is -2.25. The number of hydrogen-bond donors (Lipinski definition) is 0. The van der Waals surface area contributed by atoms with Gasteiger partial charge in [0.05, 0.1) is 0 Å². The molecule has 0 aliphatic heterocycles. The molecule has 0 fully saturated rings. The molecular formula is C12H13F3O. The molecule has 0 aromatic heterocycles. The van der Waals surface area contributed by atoms with Crippen LogP contribution in [0.1, 0.15) is 24.8 Å². The van der Waals surface area contributed by atoms with Crippen LogP contribution in [0, 0.1) is 5.92 Å². The van der Waals surface area contributed by atoms with E-state index in [2.05, 4.69) is 0 Å². The van der Waals surface area contributed by atoms with Crippen LogP contribution >= 0.6 is 0 Å². The van der Waals surface area contributed by atoms with E-state index in [4.69, 9.17) is 0 Å². The number of hydrogen-bond acceptors (Lipinski definition) is 1. The van der Waals surface area contributed by atoms with Gasteiger partial charge in [-0.25, -0.2) is 0 Å². The Morgan fingerprint density at radius 3 is 2.25 bits per heavy atom. The van der Waals surface area contributed by atoms with Crippen molar-refractivity contribution >= 4 is 6.29 Å². The lowest BCUT2D eigenvalue weighted by atomic mass is 9.90. The Morgan fingerprint density at radius 2 is 1.81 bits per heavy atom. The molecule has 0 aliphatic carbocycles. The summed E-state index contributed by atoms with van der Waals surface area (Å²) in [4.78, 5) is 10.4. The van der Waals surface area contributed by atoms with Crippen LogP contribution in [0.3, 0.4) is 0 Å². The molecule has 1 nitrogen and oxygen atoms in total. The van der Waals surface area contributed by atoms with Crippen molar-refractivity contribution in [2.45, 2.75) is 25.4 Å². The highest BCUT2D eigenvalue weighted by molar-refractivity contribution is 5.55. The molecule has 1 aromatic carbocycles. The minimum Gasteiger partial charge on any atom is -0.303 e. The van der Waals surface area contributed by atoms with Crippen molar-refractivity contribution < 1.29 is 18.0 Å². The van der Waals surface area contributed by atoms with E-state index < -0.39 is 12.1 Å². The molecule has 4 heteroatoms. The van der Waals surface area contributed by atoms with E-state index in [1.165, 1.54) is 0 Å². The van der Waals surface area contributed by atoms with E-state index in [9.17, 15) is 18.0 Å². The average Bonchev–Trinajstić information content (AvgIpc) is 2.25. The maximum absolute atomic E-state index is 12.4. The largest absolute Gasteiger partial charge is 0.398 e. The van der Waals surface area contributed by atoms with E-state index in [-0.39, 0.29) is 18.6 Å². The number of halogens is 3. The van der Waals surface area contributed by atoms with Gasteiger partial charge in [-0.1, -0.05) is 37.3 Å². The summed E-state index contributed by atoms with van der Waals surface area (Å²) in [6, 6.07) is 8.88. The van der Waals surface area contributed by atoms with Crippen LogP contribution in [-0.2, 0) is 4.79 Å². The van der Waals surface area contributed by atoms with Gasteiger partial charge in [0.15, 0.2) is 0 Å². The quantitative estimate of drug-likeness (QED) is 0.723. The SMILES string of the molecule is CC(CC(C=O)C(F)(F)F)c1ccccc1. The summed E-state index contributed by atoms with van der Waals surface area (Å²) in [5.74, 6) is -2.15. The number of carbonyl (C=O) groups is 1. The first-order valence-electron chi connectivity index (χ1n) is 5.02. The molecule has 0 aliphatic rings. The lowest BCUT2D eigenvalue weighted by molar-refractivity contribution is -0.176. The van der Waals surface area contributed by atoms with Crippen LogP contribution in [0.25, 0.3) is 0 Å². The third kappa shape index (κ3) is 3.36. The van der Waals surface area contributed by atoms with Gasteiger partial charge in [0.2, 0.25) is 0 Å². The van der Waals surface area contributed by atoms with Crippen LogP contribution in [0.5, 0.6) is 0 Å². The molecule has 0 heterocycles. The third-order valence-electron chi connectivity index (χ3n) is 2.56. The van der Waals surface area contributed by atoms with Gasteiger partial charge in [-0.2, -0.15) is 13.2 Å². The number of alkyl halides is 3. The second-order valence-electron chi connectivity index (χ2n) is 3.83. The van der Waals surface area contributed by atoms with Crippen LogP contribution in [-0.4, -0.2) is 12.5 Å². The summed E-state index contributed by atoms with van der Waals surface area (Å²) in [6.07, 6.45) is -4.65. The van der Waals surface area contributed by atoms with Crippen molar-refractivity contribution in [1.29, 1.82) is 0 Å². The van der Waals surface area contributed by atoms with Gasteiger partial charge < -0.3 is 4.79 Å². The molecule has 0 radical (unpaired) electrons. The second-order valence-corrected chi connectivity index (χ2v) is 3.83. The van der Waals surface area contributed by atoms with Crippen LogP contribution < -0.4 is 0 Å². The molecule has 0 saturated carbocycles. The molecule has 1 rings (SSSR count). The molecule has 2 atom stereocenters. The van der Waals surface area contributed by atoms with Crippen molar-refractivity contribution in [2.75, 3.05) is 0 Å². The number of benzene rings is 1. The van der Waals surface area contributed by atoms with Crippen molar-refractivity contribution in [3.05, 3.63) is 35.9 Å².